The van der Waals surface area contributed by atoms with E-state index in [1.54, 1.807) is 0 Å². The fourth-order valence-electron chi connectivity index (χ4n) is 1.96. The summed E-state index contributed by atoms with van der Waals surface area (Å²) in [5.41, 5.74) is 5.81. The number of thioether (sulfide) groups is 1. The molecule has 0 aliphatic heterocycles. The first-order valence-electron chi connectivity index (χ1n) is 5.18. The van der Waals surface area contributed by atoms with E-state index in [-0.39, 0.29) is 0 Å². The van der Waals surface area contributed by atoms with Crippen molar-refractivity contribution in [3.63, 3.8) is 0 Å². The Balaban J connectivity index is 2.26. The summed E-state index contributed by atoms with van der Waals surface area (Å²) < 4.78 is 0. The van der Waals surface area contributed by atoms with Crippen LogP contribution in [0.5, 0.6) is 0 Å². The smallest absolute Gasteiger partial charge is 0.0243 e. The van der Waals surface area contributed by atoms with Gasteiger partial charge in [0.1, 0.15) is 0 Å². The van der Waals surface area contributed by atoms with Gasteiger partial charge in [-0.25, -0.2) is 0 Å². The summed E-state index contributed by atoms with van der Waals surface area (Å²) >= 11 is 1.91. The number of nitrogens with two attached hydrogens (primary N) is 1. The lowest BCUT2D eigenvalue weighted by atomic mass is 9.79. The summed E-state index contributed by atoms with van der Waals surface area (Å²) in [7, 11) is 2.21. The van der Waals surface area contributed by atoms with Crippen LogP contribution in [0.3, 0.4) is 0 Å². The molecule has 78 valence electrons. The van der Waals surface area contributed by atoms with Gasteiger partial charge in [0.05, 0.1) is 0 Å². The van der Waals surface area contributed by atoms with Crippen LogP contribution >= 0.6 is 11.8 Å². The molecule has 2 nitrogen and oxygen atoms in total. The highest BCUT2D eigenvalue weighted by Gasteiger charge is 2.28. The molecule has 0 aromatic heterocycles. The van der Waals surface area contributed by atoms with Gasteiger partial charge in [-0.05, 0) is 32.1 Å². The summed E-state index contributed by atoms with van der Waals surface area (Å²) in [5.74, 6) is 2.11. The fraction of sp³-hybridized carbons (Fsp3) is 1.00. The van der Waals surface area contributed by atoms with Crippen molar-refractivity contribution in [3.05, 3.63) is 0 Å². The molecular formula is C10H22N2S. The van der Waals surface area contributed by atoms with E-state index in [1.165, 1.54) is 31.6 Å². The van der Waals surface area contributed by atoms with Crippen LogP contribution in [-0.2, 0) is 0 Å². The van der Waals surface area contributed by atoms with Crippen LogP contribution < -0.4 is 5.73 Å². The van der Waals surface area contributed by atoms with Crippen LogP contribution in [0.1, 0.15) is 19.3 Å². The predicted octanol–water partition coefficient (Wildman–Crippen LogP) is 1.41. The molecule has 1 aliphatic carbocycles. The minimum atomic E-state index is 0.640. The molecule has 3 heteroatoms. The van der Waals surface area contributed by atoms with Gasteiger partial charge in [0.2, 0.25) is 0 Å². The molecule has 0 saturated heterocycles. The third-order valence-electron chi connectivity index (χ3n) is 3.15. The Morgan fingerprint density at radius 1 is 1.54 bits per heavy atom. The lowest BCUT2D eigenvalue weighted by molar-refractivity contribution is 0.130. The summed E-state index contributed by atoms with van der Waals surface area (Å²) in [6.45, 7) is 2.01. The second-order valence-electron chi connectivity index (χ2n) is 3.97. The highest BCUT2D eigenvalue weighted by molar-refractivity contribution is 7.98. The molecule has 0 aromatic rings. The van der Waals surface area contributed by atoms with E-state index < -0.39 is 0 Å². The van der Waals surface area contributed by atoms with Gasteiger partial charge in [0.25, 0.3) is 0 Å². The largest absolute Gasteiger partial charge is 0.329 e. The van der Waals surface area contributed by atoms with Crippen LogP contribution in [0.25, 0.3) is 0 Å². The second kappa shape index (κ2) is 5.89. The molecule has 0 radical (unpaired) electrons. The first-order valence-corrected chi connectivity index (χ1v) is 6.58. The van der Waals surface area contributed by atoms with Gasteiger partial charge in [0.15, 0.2) is 0 Å². The number of rotatable bonds is 6. The van der Waals surface area contributed by atoms with Crippen molar-refractivity contribution in [2.75, 3.05) is 32.1 Å². The lowest BCUT2D eigenvalue weighted by Gasteiger charge is -2.38. The van der Waals surface area contributed by atoms with Crippen LogP contribution in [0, 0.1) is 5.92 Å². The van der Waals surface area contributed by atoms with Gasteiger partial charge in [-0.15, -0.1) is 0 Å². The maximum Gasteiger partial charge on any atom is 0.0243 e. The zero-order chi connectivity index (χ0) is 9.68. The van der Waals surface area contributed by atoms with E-state index in [0.29, 0.717) is 6.04 Å². The Hall–Kier alpha value is 0.270. The monoisotopic (exact) mass is 202 g/mol. The van der Waals surface area contributed by atoms with Crippen molar-refractivity contribution in [1.29, 1.82) is 0 Å². The van der Waals surface area contributed by atoms with E-state index in [2.05, 4.69) is 18.2 Å². The SMILES string of the molecule is CSCCN(C)C(CN)C1CCC1. The fourth-order valence-corrected chi connectivity index (χ4v) is 2.43. The standard InChI is InChI=1S/C10H22N2S/c1-12(6-7-13-2)10(8-11)9-4-3-5-9/h9-10H,3-8,11H2,1-2H3. The van der Waals surface area contributed by atoms with Crippen molar-refractivity contribution >= 4 is 11.8 Å². The Kier molecular flexibility index (Phi) is 5.14. The van der Waals surface area contributed by atoms with E-state index in [0.717, 1.165) is 12.5 Å². The first kappa shape index (κ1) is 11.3. The Morgan fingerprint density at radius 3 is 2.62 bits per heavy atom. The van der Waals surface area contributed by atoms with E-state index in [1.807, 2.05) is 11.8 Å². The van der Waals surface area contributed by atoms with E-state index >= 15 is 0 Å². The third-order valence-corrected chi connectivity index (χ3v) is 3.74. The highest BCUT2D eigenvalue weighted by atomic mass is 32.2. The Morgan fingerprint density at radius 2 is 2.23 bits per heavy atom. The first-order chi connectivity index (χ1) is 6.29. The van der Waals surface area contributed by atoms with Gasteiger partial charge in [0, 0.05) is 24.9 Å². The molecule has 1 aliphatic rings. The molecule has 1 atom stereocenters. The molecule has 1 fully saturated rings. The lowest BCUT2D eigenvalue weighted by Crippen LogP contribution is -2.46. The minimum absolute atomic E-state index is 0.640. The molecule has 0 aromatic carbocycles. The summed E-state index contributed by atoms with van der Waals surface area (Å²) in [4.78, 5) is 2.44. The third kappa shape index (κ3) is 3.15. The molecule has 0 spiro atoms. The average molecular weight is 202 g/mol. The van der Waals surface area contributed by atoms with Crippen LogP contribution in [0.15, 0.2) is 0 Å². The van der Waals surface area contributed by atoms with Crippen molar-refractivity contribution in [2.45, 2.75) is 25.3 Å². The van der Waals surface area contributed by atoms with Gasteiger partial charge in [-0.2, -0.15) is 11.8 Å². The highest BCUT2D eigenvalue weighted by Crippen LogP contribution is 2.31. The summed E-state index contributed by atoms with van der Waals surface area (Å²) in [6.07, 6.45) is 6.36. The minimum Gasteiger partial charge on any atom is -0.329 e. The molecule has 0 amide bonds. The number of likely N-dealkylation sites (N-methyl/N-ethyl adjacent to an activating group) is 1. The van der Waals surface area contributed by atoms with Crippen molar-refractivity contribution < 1.29 is 0 Å². The van der Waals surface area contributed by atoms with Gasteiger partial charge >= 0.3 is 0 Å². The molecule has 1 rings (SSSR count). The topological polar surface area (TPSA) is 29.3 Å². The summed E-state index contributed by atoms with van der Waals surface area (Å²) in [5, 5.41) is 0. The van der Waals surface area contributed by atoms with Crippen molar-refractivity contribution in [2.24, 2.45) is 11.7 Å². The maximum absolute atomic E-state index is 5.81. The zero-order valence-corrected chi connectivity index (χ0v) is 9.65. The summed E-state index contributed by atoms with van der Waals surface area (Å²) in [6, 6.07) is 0.640. The number of nitrogens with zero attached hydrogens (tertiary/aromatic N) is 1. The molecule has 1 unspecified atom stereocenters. The molecule has 0 heterocycles. The van der Waals surface area contributed by atoms with Crippen LogP contribution in [0.2, 0.25) is 0 Å². The maximum atomic E-state index is 5.81. The van der Waals surface area contributed by atoms with Gasteiger partial charge < -0.3 is 10.6 Å². The molecule has 13 heavy (non-hydrogen) atoms. The van der Waals surface area contributed by atoms with E-state index in [9.17, 15) is 0 Å². The quantitative estimate of drug-likeness (QED) is 0.706. The van der Waals surface area contributed by atoms with Gasteiger partial charge in [-0.1, -0.05) is 6.42 Å². The van der Waals surface area contributed by atoms with E-state index in [4.69, 9.17) is 5.73 Å². The van der Waals surface area contributed by atoms with Crippen LogP contribution in [-0.4, -0.2) is 43.1 Å². The van der Waals surface area contributed by atoms with Crippen molar-refractivity contribution in [3.8, 4) is 0 Å². The van der Waals surface area contributed by atoms with Gasteiger partial charge in [-0.3, -0.25) is 0 Å². The van der Waals surface area contributed by atoms with Crippen molar-refractivity contribution in [1.82, 2.24) is 4.90 Å². The molecule has 2 N–H and O–H groups in total. The second-order valence-corrected chi connectivity index (χ2v) is 4.95. The molecular weight excluding hydrogens is 180 g/mol. The Bertz CT molecular complexity index is 137. The predicted molar refractivity (Wildman–Crippen MR) is 61.2 cm³/mol. The Labute approximate surface area is 86.2 Å². The molecule has 1 saturated carbocycles. The average Bonchev–Trinajstić information content (AvgIpc) is 2.06. The van der Waals surface area contributed by atoms with Crippen LogP contribution in [0.4, 0.5) is 0 Å². The normalized spacial score (nSPS) is 20.3. The number of hydrogen-bond donors (Lipinski definition) is 1. The molecule has 0 bridgehead atoms. The number of hydrogen-bond acceptors (Lipinski definition) is 3. The zero-order valence-electron chi connectivity index (χ0n) is 8.83.